The minimum absolute atomic E-state index is 0.159. The molecule has 104 valence electrons. The van der Waals surface area contributed by atoms with Gasteiger partial charge in [-0.1, -0.05) is 26.0 Å². The lowest BCUT2D eigenvalue weighted by Crippen LogP contribution is -2.53. The van der Waals surface area contributed by atoms with Crippen molar-refractivity contribution in [1.29, 1.82) is 0 Å². The second-order valence-corrected chi connectivity index (χ2v) is 7.18. The van der Waals surface area contributed by atoms with Gasteiger partial charge in [0.15, 0.2) is 0 Å². The normalized spacial score (nSPS) is 23.2. The van der Waals surface area contributed by atoms with E-state index in [-0.39, 0.29) is 11.5 Å². The molecule has 1 saturated heterocycles. The van der Waals surface area contributed by atoms with Crippen LogP contribution in [0.1, 0.15) is 32.3 Å². The fraction of sp³-hybridized carbons (Fsp3) is 0.533. The summed E-state index contributed by atoms with van der Waals surface area (Å²) in [5.74, 6) is -0.699. The maximum Gasteiger partial charge on any atom is 0.321 e. The molecular formula is C15H20INO2. The van der Waals surface area contributed by atoms with Gasteiger partial charge >= 0.3 is 5.97 Å². The van der Waals surface area contributed by atoms with Gasteiger partial charge < -0.3 is 5.11 Å². The number of carboxylic acid groups (broad SMARTS) is 1. The third-order valence-electron chi connectivity index (χ3n) is 3.90. The summed E-state index contributed by atoms with van der Waals surface area (Å²) in [4.78, 5) is 13.7. The maximum absolute atomic E-state index is 11.6. The van der Waals surface area contributed by atoms with E-state index in [2.05, 4.69) is 65.6 Å². The van der Waals surface area contributed by atoms with Crippen molar-refractivity contribution in [3.63, 3.8) is 0 Å². The lowest BCUT2D eigenvalue weighted by atomic mass is 9.76. The largest absolute Gasteiger partial charge is 0.480 e. The Morgan fingerprint density at radius 2 is 2.05 bits per heavy atom. The quantitative estimate of drug-likeness (QED) is 0.826. The lowest BCUT2D eigenvalue weighted by Gasteiger charge is -2.44. The van der Waals surface area contributed by atoms with Gasteiger partial charge in [-0.3, -0.25) is 9.69 Å². The molecule has 1 atom stereocenters. The van der Waals surface area contributed by atoms with Crippen molar-refractivity contribution in [2.45, 2.75) is 39.3 Å². The maximum atomic E-state index is 11.6. The van der Waals surface area contributed by atoms with E-state index in [9.17, 15) is 9.90 Å². The van der Waals surface area contributed by atoms with Gasteiger partial charge in [-0.05, 0) is 65.1 Å². The highest BCUT2D eigenvalue weighted by Crippen LogP contribution is 2.36. The van der Waals surface area contributed by atoms with Gasteiger partial charge in [0.2, 0.25) is 0 Å². The van der Waals surface area contributed by atoms with Gasteiger partial charge in [-0.2, -0.15) is 0 Å². The molecule has 1 aromatic carbocycles. The highest BCUT2D eigenvalue weighted by molar-refractivity contribution is 14.1. The molecule has 0 amide bonds. The van der Waals surface area contributed by atoms with Crippen molar-refractivity contribution in [3.8, 4) is 0 Å². The molecule has 3 nitrogen and oxygen atoms in total. The van der Waals surface area contributed by atoms with Crippen molar-refractivity contribution in [3.05, 3.63) is 33.4 Å². The zero-order valence-corrected chi connectivity index (χ0v) is 13.6. The predicted molar refractivity (Wildman–Crippen MR) is 84.0 cm³/mol. The Kier molecular flexibility index (Phi) is 4.50. The summed E-state index contributed by atoms with van der Waals surface area (Å²) < 4.78 is 1.20. The van der Waals surface area contributed by atoms with Gasteiger partial charge in [0.25, 0.3) is 0 Å². The first-order valence-electron chi connectivity index (χ1n) is 6.61. The minimum Gasteiger partial charge on any atom is -0.480 e. The van der Waals surface area contributed by atoms with E-state index >= 15 is 0 Å². The van der Waals surface area contributed by atoms with Crippen LogP contribution in [-0.2, 0) is 11.3 Å². The first kappa shape index (κ1) is 14.8. The Morgan fingerprint density at radius 3 is 2.63 bits per heavy atom. The number of carbonyl (C=O) groups is 1. The van der Waals surface area contributed by atoms with E-state index in [4.69, 9.17) is 0 Å². The summed E-state index contributed by atoms with van der Waals surface area (Å²) in [5, 5.41) is 9.52. The van der Waals surface area contributed by atoms with Crippen molar-refractivity contribution in [2.24, 2.45) is 5.41 Å². The highest BCUT2D eigenvalue weighted by Gasteiger charge is 2.42. The molecule has 1 N–H and O–H groups in total. The summed E-state index contributed by atoms with van der Waals surface area (Å²) >= 11 is 2.28. The van der Waals surface area contributed by atoms with Crippen LogP contribution in [0.3, 0.4) is 0 Å². The number of likely N-dealkylation sites (tertiary alicyclic amines) is 1. The molecule has 1 aliphatic rings. The monoisotopic (exact) mass is 373 g/mol. The van der Waals surface area contributed by atoms with Crippen LogP contribution < -0.4 is 0 Å². The third-order valence-corrected chi connectivity index (χ3v) is 4.62. The molecule has 19 heavy (non-hydrogen) atoms. The molecule has 4 heteroatoms. The second-order valence-electron chi connectivity index (χ2n) is 5.93. The summed E-state index contributed by atoms with van der Waals surface area (Å²) in [6, 6.07) is 7.92. The van der Waals surface area contributed by atoms with Crippen LogP contribution in [0.5, 0.6) is 0 Å². The number of halogens is 1. The number of nitrogens with zero attached hydrogens (tertiary/aromatic N) is 1. The van der Waals surface area contributed by atoms with Crippen LogP contribution in [0.2, 0.25) is 0 Å². The number of rotatable bonds is 3. The number of benzene rings is 1. The number of hydrogen-bond donors (Lipinski definition) is 1. The summed E-state index contributed by atoms with van der Waals surface area (Å²) in [5.41, 5.74) is 1.03. The van der Waals surface area contributed by atoms with E-state index in [1.54, 1.807) is 0 Å². The molecule has 0 bridgehead atoms. The van der Waals surface area contributed by atoms with E-state index in [0.29, 0.717) is 0 Å². The Bertz CT molecular complexity index is 456. The molecule has 0 spiro atoms. The molecule has 0 aliphatic carbocycles. The number of hydrogen-bond acceptors (Lipinski definition) is 2. The van der Waals surface area contributed by atoms with Crippen LogP contribution >= 0.6 is 22.6 Å². The standard InChI is InChI=1S/C15H20INO2/c1-15(2)8-3-9-17(13(15)14(18)19)10-11-4-6-12(16)7-5-11/h4-7,13H,3,8-10H2,1-2H3,(H,18,19). The predicted octanol–water partition coefficient (Wildman–Crippen LogP) is 3.37. The highest BCUT2D eigenvalue weighted by atomic mass is 127. The van der Waals surface area contributed by atoms with Crippen LogP contribution in [0, 0.1) is 8.99 Å². The Hall–Kier alpha value is -0.620. The van der Waals surface area contributed by atoms with Gasteiger partial charge in [-0.15, -0.1) is 0 Å². The zero-order chi connectivity index (χ0) is 14.0. The Balaban J connectivity index is 2.17. The molecule has 2 rings (SSSR count). The van der Waals surface area contributed by atoms with E-state index in [0.717, 1.165) is 25.9 Å². The van der Waals surface area contributed by atoms with Crippen LogP contribution in [0.25, 0.3) is 0 Å². The fourth-order valence-corrected chi connectivity index (χ4v) is 3.34. The molecule has 1 aromatic rings. The molecule has 0 radical (unpaired) electrons. The van der Waals surface area contributed by atoms with Gasteiger partial charge in [-0.25, -0.2) is 0 Å². The third kappa shape index (κ3) is 3.48. The molecule has 0 saturated carbocycles. The SMILES string of the molecule is CC1(C)CCCN(Cc2ccc(I)cc2)C1C(=O)O. The summed E-state index contributed by atoms with van der Waals surface area (Å²) in [6.45, 7) is 5.71. The first-order chi connectivity index (χ1) is 8.90. The Labute approximate surface area is 128 Å². The van der Waals surface area contributed by atoms with Gasteiger partial charge in [0, 0.05) is 10.1 Å². The molecular weight excluding hydrogens is 353 g/mol. The number of carboxylic acids is 1. The van der Waals surface area contributed by atoms with Crippen molar-refractivity contribution in [2.75, 3.05) is 6.54 Å². The van der Waals surface area contributed by atoms with Crippen LogP contribution in [0.15, 0.2) is 24.3 Å². The van der Waals surface area contributed by atoms with Crippen molar-refractivity contribution < 1.29 is 9.90 Å². The van der Waals surface area contributed by atoms with Gasteiger partial charge in [0.1, 0.15) is 6.04 Å². The second kappa shape index (κ2) is 5.79. The van der Waals surface area contributed by atoms with Crippen molar-refractivity contribution >= 4 is 28.6 Å². The topological polar surface area (TPSA) is 40.5 Å². The zero-order valence-electron chi connectivity index (χ0n) is 11.4. The van der Waals surface area contributed by atoms with Gasteiger partial charge in [0.05, 0.1) is 0 Å². The minimum atomic E-state index is -0.699. The number of aliphatic carboxylic acids is 1. The smallest absolute Gasteiger partial charge is 0.321 e. The molecule has 1 fully saturated rings. The lowest BCUT2D eigenvalue weighted by molar-refractivity contribution is -0.151. The summed E-state index contributed by atoms with van der Waals surface area (Å²) in [6.07, 6.45) is 2.05. The fourth-order valence-electron chi connectivity index (χ4n) is 2.98. The van der Waals surface area contributed by atoms with Crippen LogP contribution in [0.4, 0.5) is 0 Å². The average molecular weight is 373 g/mol. The molecule has 1 aliphatic heterocycles. The molecule has 1 heterocycles. The first-order valence-corrected chi connectivity index (χ1v) is 7.69. The van der Waals surface area contributed by atoms with E-state index < -0.39 is 5.97 Å². The average Bonchev–Trinajstić information content (AvgIpc) is 2.30. The van der Waals surface area contributed by atoms with Crippen molar-refractivity contribution in [1.82, 2.24) is 4.90 Å². The molecule has 1 unspecified atom stereocenters. The van der Waals surface area contributed by atoms with E-state index in [1.807, 2.05) is 0 Å². The molecule has 0 aromatic heterocycles. The van der Waals surface area contributed by atoms with Crippen LogP contribution in [-0.4, -0.2) is 28.6 Å². The number of piperidine rings is 1. The Morgan fingerprint density at radius 1 is 1.42 bits per heavy atom. The summed E-state index contributed by atoms with van der Waals surface area (Å²) in [7, 11) is 0. The van der Waals surface area contributed by atoms with E-state index in [1.165, 1.54) is 9.13 Å².